The molecular weight excluding hydrogens is 448 g/mol. The van der Waals surface area contributed by atoms with Crippen LogP contribution in [0.3, 0.4) is 0 Å². The molecule has 0 aliphatic heterocycles. The summed E-state index contributed by atoms with van der Waals surface area (Å²) in [6, 6.07) is 12.9. The van der Waals surface area contributed by atoms with Crippen LogP contribution in [0.1, 0.15) is 36.2 Å². The molecule has 166 valence electrons. The molecule has 0 saturated heterocycles. The summed E-state index contributed by atoms with van der Waals surface area (Å²) in [4.78, 5) is 8.31. The lowest BCUT2D eigenvalue weighted by Gasteiger charge is -2.27. The minimum absolute atomic E-state index is 0.0857. The van der Waals surface area contributed by atoms with Crippen molar-refractivity contribution in [2.24, 2.45) is 0 Å². The average molecular weight is 472 g/mol. The first-order valence-electron chi connectivity index (χ1n) is 9.65. The van der Waals surface area contributed by atoms with E-state index in [9.17, 15) is 10.3 Å². The van der Waals surface area contributed by atoms with Crippen LogP contribution in [0.5, 0.6) is 11.5 Å². The summed E-state index contributed by atoms with van der Waals surface area (Å²) in [6.07, 6.45) is 7.06. The number of ether oxygens (including phenoxy) is 1. The van der Waals surface area contributed by atoms with E-state index < -0.39 is 9.58 Å². The quantitative estimate of drug-likeness (QED) is 0.172. The van der Waals surface area contributed by atoms with E-state index in [1.165, 1.54) is 7.05 Å². The van der Waals surface area contributed by atoms with Crippen molar-refractivity contribution in [3.63, 3.8) is 0 Å². The first-order valence-corrected chi connectivity index (χ1v) is 10.4. The molecule has 0 aliphatic rings. The third-order valence-corrected chi connectivity index (χ3v) is 5.32. The topological polar surface area (TPSA) is 87.5 Å². The van der Waals surface area contributed by atoms with Gasteiger partial charge in [0.25, 0.3) is 5.95 Å². The Labute approximate surface area is 197 Å². The molecule has 1 atom stereocenters. The largest absolute Gasteiger partial charge is 0.505 e. The van der Waals surface area contributed by atoms with Gasteiger partial charge in [0, 0.05) is 11.6 Å². The summed E-state index contributed by atoms with van der Waals surface area (Å²) >= 11 is 10.1. The number of thiol groups is 1. The van der Waals surface area contributed by atoms with Gasteiger partial charge in [-0.05, 0) is 45.6 Å². The molecule has 0 saturated carbocycles. The second-order valence-electron chi connectivity index (χ2n) is 7.83. The third-order valence-electron chi connectivity index (χ3n) is 4.93. The van der Waals surface area contributed by atoms with Crippen LogP contribution in [-0.4, -0.2) is 31.5 Å². The lowest BCUT2D eigenvalue weighted by Crippen LogP contribution is -2.36. The summed E-state index contributed by atoms with van der Waals surface area (Å²) in [5, 5.41) is 19.9. The number of nitrogens with one attached hydrogen (secondary N) is 1. The lowest BCUT2D eigenvalue weighted by molar-refractivity contribution is -0.955. The SMILES string of the molecule is C#Cc1cc(C(C)(C)c2ccc(OCc3ccnc(N[N+](C)(O)S)n3)cc2)cc(Cl)c1O. The number of halogens is 1. The van der Waals surface area contributed by atoms with Crippen molar-refractivity contribution < 1.29 is 19.2 Å². The van der Waals surface area contributed by atoms with E-state index in [-0.39, 0.29) is 23.3 Å². The van der Waals surface area contributed by atoms with Crippen molar-refractivity contribution >= 4 is 30.4 Å². The Morgan fingerprint density at radius 2 is 1.91 bits per heavy atom. The van der Waals surface area contributed by atoms with Gasteiger partial charge >= 0.3 is 0 Å². The van der Waals surface area contributed by atoms with E-state index in [2.05, 4.69) is 48.0 Å². The Kier molecular flexibility index (Phi) is 6.86. The van der Waals surface area contributed by atoms with Gasteiger partial charge in [0.15, 0.2) is 0 Å². The van der Waals surface area contributed by atoms with Crippen LogP contribution < -0.4 is 10.2 Å². The van der Waals surface area contributed by atoms with Gasteiger partial charge in [-0.15, -0.1) is 6.42 Å². The maximum absolute atomic E-state index is 10.00. The summed E-state index contributed by atoms with van der Waals surface area (Å²) in [5.74, 6) is 3.28. The molecule has 0 aliphatic carbocycles. The number of anilines is 1. The maximum atomic E-state index is 10.00. The molecule has 0 amide bonds. The van der Waals surface area contributed by atoms with Gasteiger partial charge in [-0.1, -0.05) is 43.5 Å². The molecule has 3 rings (SSSR count). The summed E-state index contributed by atoms with van der Waals surface area (Å²) in [7, 11) is 1.41. The Morgan fingerprint density at radius 3 is 2.53 bits per heavy atom. The van der Waals surface area contributed by atoms with E-state index >= 15 is 0 Å². The molecule has 0 fully saturated rings. The lowest BCUT2D eigenvalue weighted by atomic mass is 9.77. The predicted molar refractivity (Wildman–Crippen MR) is 127 cm³/mol. The van der Waals surface area contributed by atoms with Gasteiger partial charge < -0.3 is 9.84 Å². The smallest absolute Gasteiger partial charge is 0.273 e. The first kappa shape index (κ1) is 23.7. The summed E-state index contributed by atoms with van der Waals surface area (Å²) in [6.45, 7) is 4.33. The molecule has 3 aromatic rings. The molecule has 0 bridgehead atoms. The highest BCUT2D eigenvalue weighted by Crippen LogP contribution is 2.38. The van der Waals surface area contributed by atoms with Crippen molar-refractivity contribution in [2.45, 2.75) is 25.9 Å². The standard InChI is InChI=1S/C23H23ClN4O3S/c1-5-15-12-17(13-20(24)21(15)29)23(2,3)16-6-8-19(9-7-16)31-14-18-10-11-25-22(26-18)27-28(4,30)32/h1,6-13,30,32H,14H2,2-4H3,(H-,25,26,27,29)/p+1. The predicted octanol–water partition coefficient (Wildman–Crippen LogP) is 4.73. The molecule has 1 heterocycles. The van der Waals surface area contributed by atoms with E-state index in [4.69, 9.17) is 22.8 Å². The Morgan fingerprint density at radius 1 is 1.22 bits per heavy atom. The number of rotatable bonds is 7. The number of hydroxylamine groups is 1. The Bertz CT molecular complexity index is 1160. The zero-order chi connectivity index (χ0) is 23.5. The van der Waals surface area contributed by atoms with E-state index in [0.29, 0.717) is 17.0 Å². The minimum atomic E-state index is -0.795. The summed E-state index contributed by atoms with van der Waals surface area (Å²) < 4.78 is 5.04. The van der Waals surface area contributed by atoms with Crippen molar-refractivity contribution in [1.82, 2.24) is 9.97 Å². The third kappa shape index (κ3) is 5.64. The van der Waals surface area contributed by atoms with Crippen LogP contribution in [0, 0.1) is 12.3 Å². The monoisotopic (exact) mass is 471 g/mol. The number of phenols is 1. The van der Waals surface area contributed by atoms with Gasteiger partial charge in [-0.2, -0.15) is 10.6 Å². The number of aromatic hydroxyl groups is 1. The molecule has 0 radical (unpaired) electrons. The van der Waals surface area contributed by atoms with Gasteiger partial charge in [-0.25, -0.2) is 9.97 Å². The molecule has 7 nitrogen and oxygen atoms in total. The second kappa shape index (κ2) is 9.27. The van der Waals surface area contributed by atoms with E-state index in [1.807, 2.05) is 24.3 Å². The molecule has 32 heavy (non-hydrogen) atoms. The zero-order valence-electron chi connectivity index (χ0n) is 17.9. The van der Waals surface area contributed by atoms with Crippen molar-refractivity contribution in [2.75, 3.05) is 12.5 Å². The molecule has 9 heteroatoms. The average Bonchev–Trinajstić information content (AvgIpc) is 2.73. The number of phenolic OH excluding ortho intramolecular Hbond substituents is 1. The van der Waals surface area contributed by atoms with E-state index in [0.717, 1.165) is 11.1 Å². The van der Waals surface area contributed by atoms with Gasteiger partial charge in [0.1, 0.15) is 38.0 Å². The molecular formula is C23H24ClN4O3S+. The highest BCUT2D eigenvalue weighted by Gasteiger charge is 2.25. The molecule has 0 spiro atoms. The number of quaternary nitrogens is 1. The second-order valence-corrected chi connectivity index (χ2v) is 9.02. The number of aromatic nitrogens is 2. The van der Waals surface area contributed by atoms with Gasteiger partial charge in [0.2, 0.25) is 0 Å². The summed E-state index contributed by atoms with van der Waals surface area (Å²) in [5.41, 5.74) is 5.12. The maximum Gasteiger partial charge on any atom is 0.273 e. The number of terminal acetylenes is 1. The zero-order valence-corrected chi connectivity index (χ0v) is 19.5. The number of benzene rings is 2. The minimum Gasteiger partial charge on any atom is -0.505 e. The van der Waals surface area contributed by atoms with Crippen LogP contribution in [-0.2, 0) is 12.0 Å². The van der Waals surface area contributed by atoms with Gasteiger partial charge in [0.05, 0.1) is 16.3 Å². The van der Waals surface area contributed by atoms with Crippen LogP contribution in [0.2, 0.25) is 5.02 Å². The molecule has 1 unspecified atom stereocenters. The molecule has 1 aromatic heterocycles. The number of hydrogen-bond acceptors (Lipinski definition) is 7. The molecule has 2 aromatic carbocycles. The highest BCUT2D eigenvalue weighted by molar-refractivity contribution is 7.74. The fourth-order valence-corrected chi connectivity index (χ4v) is 3.39. The highest BCUT2D eigenvalue weighted by atomic mass is 35.5. The number of hydrogen-bond donors (Lipinski definition) is 4. The fraction of sp³-hybridized carbons (Fsp3) is 0.217. The number of nitrogens with zero attached hydrogens (tertiary/aromatic N) is 3. The van der Waals surface area contributed by atoms with Crippen LogP contribution in [0.4, 0.5) is 5.95 Å². The van der Waals surface area contributed by atoms with Crippen molar-refractivity contribution in [3.8, 4) is 23.8 Å². The first-order chi connectivity index (χ1) is 15.0. The fourth-order valence-electron chi connectivity index (χ4n) is 3.08. The van der Waals surface area contributed by atoms with Crippen LogP contribution >= 0.6 is 24.4 Å². The van der Waals surface area contributed by atoms with Crippen LogP contribution in [0.15, 0.2) is 48.7 Å². The van der Waals surface area contributed by atoms with Crippen LogP contribution in [0.25, 0.3) is 0 Å². The van der Waals surface area contributed by atoms with Gasteiger partial charge in [-0.3, -0.25) is 0 Å². The molecule has 3 N–H and O–H groups in total. The van der Waals surface area contributed by atoms with Crippen molar-refractivity contribution in [3.05, 3.63) is 76.1 Å². The Balaban J connectivity index is 1.74. The van der Waals surface area contributed by atoms with E-state index in [1.54, 1.807) is 24.4 Å². The Hall–Kier alpha value is -2.96. The van der Waals surface area contributed by atoms with Crippen molar-refractivity contribution in [1.29, 1.82) is 0 Å². The normalized spacial score (nSPS) is 13.2.